The van der Waals surface area contributed by atoms with Crippen LogP contribution in [0.25, 0.3) is 0 Å². The Hall–Kier alpha value is -2.38. The smallest absolute Gasteiger partial charge is 0.0768 e. The summed E-state index contributed by atoms with van der Waals surface area (Å²) in [5, 5.41) is 2.08. The third kappa shape index (κ3) is 4.67. The van der Waals surface area contributed by atoms with E-state index >= 15 is 0 Å². The average molecular weight is 373 g/mol. The molecule has 136 valence electrons. The van der Waals surface area contributed by atoms with Gasteiger partial charge in [-0.25, -0.2) is 0 Å². The Balaban J connectivity index is 1.43. The summed E-state index contributed by atoms with van der Waals surface area (Å²) in [6.45, 7) is 5.11. The highest BCUT2D eigenvalue weighted by Gasteiger charge is 2.25. The fraction of sp³-hybridized carbons (Fsp3) is 0.250. The van der Waals surface area contributed by atoms with Crippen LogP contribution in [0.4, 0.5) is 0 Å². The van der Waals surface area contributed by atoms with Crippen molar-refractivity contribution in [1.82, 2.24) is 9.80 Å². The van der Waals surface area contributed by atoms with E-state index in [0.717, 1.165) is 37.6 Å². The lowest BCUT2D eigenvalue weighted by molar-refractivity contribution is 0.119. The highest BCUT2D eigenvalue weighted by Crippen LogP contribution is 2.29. The summed E-state index contributed by atoms with van der Waals surface area (Å²) in [5.74, 6) is 6.60. The molecule has 1 aromatic heterocycles. The number of thiophene rings is 1. The summed E-state index contributed by atoms with van der Waals surface area (Å²) in [5.41, 5.74) is 2.74. The Morgan fingerprint density at radius 2 is 1.41 bits per heavy atom. The second-order valence-electron chi connectivity index (χ2n) is 6.82. The minimum atomic E-state index is 0.326. The van der Waals surface area contributed by atoms with Crippen LogP contribution in [-0.2, 0) is 0 Å². The molecule has 0 aliphatic carbocycles. The zero-order valence-corrected chi connectivity index (χ0v) is 16.2. The van der Waals surface area contributed by atoms with Crippen LogP contribution in [-0.4, -0.2) is 42.5 Å². The first-order valence-corrected chi connectivity index (χ1v) is 10.4. The predicted octanol–water partition coefficient (Wildman–Crippen LogP) is 4.51. The van der Waals surface area contributed by atoms with Gasteiger partial charge in [-0.2, -0.15) is 0 Å². The Labute approximate surface area is 166 Å². The molecule has 1 fully saturated rings. The van der Waals surface area contributed by atoms with Crippen LogP contribution < -0.4 is 0 Å². The standard InChI is InChI=1S/C24H24N2S/c1-3-9-21(10-4-1)24(22-11-5-2-6-12-22)26-18-16-25(17-19-26)15-7-13-23-14-8-20-27-23/h1-6,8-12,14,20,24H,15-19H2. The molecule has 2 nitrogen and oxygen atoms in total. The van der Waals surface area contributed by atoms with E-state index in [1.807, 2.05) is 0 Å². The molecule has 0 saturated carbocycles. The molecule has 0 atom stereocenters. The van der Waals surface area contributed by atoms with Crippen LogP contribution in [0.1, 0.15) is 22.0 Å². The quantitative estimate of drug-likeness (QED) is 0.622. The number of benzene rings is 2. The van der Waals surface area contributed by atoms with E-state index in [4.69, 9.17) is 0 Å². The predicted molar refractivity (Wildman–Crippen MR) is 114 cm³/mol. The van der Waals surface area contributed by atoms with Crippen molar-refractivity contribution >= 4 is 11.3 Å². The molecule has 0 amide bonds. The minimum absolute atomic E-state index is 0.326. The molecule has 2 heterocycles. The lowest BCUT2D eigenvalue weighted by Gasteiger charge is -2.39. The maximum Gasteiger partial charge on any atom is 0.0768 e. The van der Waals surface area contributed by atoms with Crippen molar-refractivity contribution in [3.63, 3.8) is 0 Å². The molecule has 27 heavy (non-hydrogen) atoms. The fourth-order valence-corrected chi connectivity index (χ4v) is 4.24. The Morgan fingerprint density at radius 3 is 1.96 bits per heavy atom. The van der Waals surface area contributed by atoms with Crippen LogP contribution in [0.15, 0.2) is 78.2 Å². The monoisotopic (exact) mass is 372 g/mol. The topological polar surface area (TPSA) is 6.48 Å². The number of nitrogens with zero attached hydrogens (tertiary/aromatic N) is 2. The van der Waals surface area contributed by atoms with Crippen molar-refractivity contribution in [3.05, 3.63) is 94.2 Å². The van der Waals surface area contributed by atoms with E-state index in [1.165, 1.54) is 11.1 Å². The maximum atomic E-state index is 3.33. The van der Waals surface area contributed by atoms with Gasteiger partial charge in [-0.05, 0) is 22.6 Å². The zero-order chi connectivity index (χ0) is 18.3. The molecule has 2 aromatic carbocycles. The van der Waals surface area contributed by atoms with Crippen LogP contribution in [0.2, 0.25) is 0 Å². The van der Waals surface area contributed by atoms with Gasteiger partial charge in [-0.15, -0.1) is 11.3 Å². The molecule has 1 aliphatic rings. The lowest BCUT2D eigenvalue weighted by atomic mass is 9.96. The van der Waals surface area contributed by atoms with E-state index in [9.17, 15) is 0 Å². The number of rotatable bonds is 4. The van der Waals surface area contributed by atoms with Gasteiger partial charge in [0.15, 0.2) is 0 Å². The third-order valence-electron chi connectivity index (χ3n) is 5.04. The molecule has 3 aromatic rings. The molecule has 0 spiro atoms. The second-order valence-corrected chi connectivity index (χ2v) is 7.76. The Kier molecular flexibility index (Phi) is 6.01. The summed E-state index contributed by atoms with van der Waals surface area (Å²) in [6, 6.07) is 26.2. The SMILES string of the molecule is C(#Cc1cccs1)CN1CCN(C(c2ccccc2)c2ccccc2)CC1. The highest BCUT2D eigenvalue weighted by molar-refractivity contribution is 7.10. The Morgan fingerprint density at radius 1 is 0.778 bits per heavy atom. The molecule has 1 saturated heterocycles. The van der Waals surface area contributed by atoms with Crippen molar-refractivity contribution in [1.29, 1.82) is 0 Å². The second kappa shape index (κ2) is 9.01. The average Bonchev–Trinajstić information content (AvgIpc) is 3.25. The number of piperazine rings is 1. The molecule has 4 rings (SSSR count). The van der Waals surface area contributed by atoms with Gasteiger partial charge in [0.05, 0.1) is 17.5 Å². The lowest BCUT2D eigenvalue weighted by Crippen LogP contribution is -2.47. The molecular weight excluding hydrogens is 348 g/mol. The van der Waals surface area contributed by atoms with E-state index < -0.39 is 0 Å². The van der Waals surface area contributed by atoms with E-state index in [2.05, 4.69) is 99.8 Å². The molecule has 0 unspecified atom stereocenters. The van der Waals surface area contributed by atoms with Crippen LogP contribution in [0.3, 0.4) is 0 Å². The van der Waals surface area contributed by atoms with Gasteiger partial charge in [-0.1, -0.05) is 78.6 Å². The maximum absolute atomic E-state index is 3.33. The summed E-state index contributed by atoms with van der Waals surface area (Å²) >= 11 is 1.71. The third-order valence-corrected chi connectivity index (χ3v) is 5.82. The normalized spacial score (nSPS) is 15.4. The van der Waals surface area contributed by atoms with Crippen LogP contribution in [0.5, 0.6) is 0 Å². The van der Waals surface area contributed by atoms with Crippen LogP contribution >= 0.6 is 11.3 Å². The van der Waals surface area contributed by atoms with Crippen molar-refractivity contribution in [2.75, 3.05) is 32.7 Å². The molecule has 0 bridgehead atoms. The van der Waals surface area contributed by atoms with Gasteiger partial charge in [0.25, 0.3) is 0 Å². The van der Waals surface area contributed by atoms with E-state index in [0.29, 0.717) is 6.04 Å². The van der Waals surface area contributed by atoms with Gasteiger partial charge in [-0.3, -0.25) is 9.80 Å². The van der Waals surface area contributed by atoms with E-state index in [1.54, 1.807) is 11.3 Å². The Bertz CT molecular complexity index is 831. The summed E-state index contributed by atoms with van der Waals surface area (Å²) < 4.78 is 0. The molecule has 0 radical (unpaired) electrons. The van der Waals surface area contributed by atoms with Gasteiger partial charge >= 0.3 is 0 Å². The first-order chi connectivity index (χ1) is 13.4. The van der Waals surface area contributed by atoms with E-state index in [-0.39, 0.29) is 0 Å². The van der Waals surface area contributed by atoms with Crippen molar-refractivity contribution in [2.45, 2.75) is 6.04 Å². The minimum Gasteiger partial charge on any atom is -0.290 e. The van der Waals surface area contributed by atoms with Crippen LogP contribution in [0, 0.1) is 11.8 Å². The zero-order valence-electron chi connectivity index (χ0n) is 15.4. The summed E-state index contributed by atoms with van der Waals surface area (Å²) in [7, 11) is 0. The molecule has 1 aliphatic heterocycles. The molecule has 0 N–H and O–H groups in total. The van der Waals surface area contributed by atoms with Gasteiger partial charge in [0.2, 0.25) is 0 Å². The van der Waals surface area contributed by atoms with Gasteiger partial charge < -0.3 is 0 Å². The largest absolute Gasteiger partial charge is 0.290 e. The van der Waals surface area contributed by atoms with Crippen molar-refractivity contribution in [3.8, 4) is 11.8 Å². The summed E-state index contributed by atoms with van der Waals surface area (Å²) in [4.78, 5) is 6.22. The van der Waals surface area contributed by atoms with Gasteiger partial charge in [0.1, 0.15) is 0 Å². The molecular formula is C24H24N2S. The first-order valence-electron chi connectivity index (χ1n) is 9.49. The van der Waals surface area contributed by atoms with Crippen molar-refractivity contribution in [2.24, 2.45) is 0 Å². The number of hydrogen-bond acceptors (Lipinski definition) is 3. The molecule has 3 heteroatoms. The van der Waals surface area contributed by atoms with Crippen molar-refractivity contribution < 1.29 is 0 Å². The highest BCUT2D eigenvalue weighted by atomic mass is 32.1. The fourth-order valence-electron chi connectivity index (χ4n) is 3.65. The summed E-state index contributed by atoms with van der Waals surface area (Å²) in [6.07, 6.45) is 0. The number of hydrogen-bond donors (Lipinski definition) is 0. The first kappa shape index (κ1) is 18.0. The van der Waals surface area contributed by atoms with Gasteiger partial charge in [0, 0.05) is 26.2 Å².